The van der Waals surface area contributed by atoms with Gasteiger partial charge in [-0.15, -0.1) is 11.6 Å². The summed E-state index contributed by atoms with van der Waals surface area (Å²) in [5.74, 6) is -0.120. The molecule has 1 heterocycles. The quantitative estimate of drug-likeness (QED) is 0.455. The van der Waals surface area contributed by atoms with E-state index in [-0.39, 0.29) is 5.57 Å². The van der Waals surface area contributed by atoms with Gasteiger partial charge in [-0.2, -0.15) is 5.26 Å². The summed E-state index contributed by atoms with van der Waals surface area (Å²) in [6, 6.07) is 5.54. The molecule has 0 aromatic carbocycles. The number of halogens is 1. The van der Waals surface area contributed by atoms with Crippen molar-refractivity contribution in [2.45, 2.75) is 6.54 Å². The Balaban J connectivity index is 2.48. The minimum Gasteiger partial charge on any atom is -0.386 e. The first-order valence-corrected chi connectivity index (χ1v) is 5.88. The van der Waals surface area contributed by atoms with Crippen molar-refractivity contribution < 1.29 is 4.79 Å². The molecule has 6 heteroatoms. The first kappa shape index (κ1) is 14.0. The Morgan fingerprint density at radius 3 is 3.06 bits per heavy atom. The molecule has 0 fully saturated rings. The zero-order valence-corrected chi connectivity index (χ0v) is 10.4. The molecule has 0 atom stereocenters. The van der Waals surface area contributed by atoms with Gasteiger partial charge in [0.25, 0.3) is 5.91 Å². The lowest BCUT2D eigenvalue weighted by Gasteiger charge is -2.03. The Labute approximate surface area is 110 Å². The molecule has 0 unspecified atom stereocenters. The molecular formula is C12H13ClN4O. The van der Waals surface area contributed by atoms with Gasteiger partial charge in [0.1, 0.15) is 11.6 Å². The number of alkyl halides is 1. The molecule has 0 saturated carbocycles. The van der Waals surface area contributed by atoms with E-state index in [9.17, 15) is 4.79 Å². The van der Waals surface area contributed by atoms with Crippen LogP contribution in [0.1, 0.15) is 5.56 Å². The van der Waals surface area contributed by atoms with E-state index in [1.54, 1.807) is 12.4 Å². The standard InChI is InChI=1S/C12H13ClN4O/c13-3-5-17-12(18)11(6-14)9-16-8-10-2-1-4-15-7-10/h1-2,4,7,9,16H,3,5,8H2,(H,17,18)/b11-9-. The number of carbonyl (C=O) groups is 1. The van der Waals surface area contributed by atoms with Crippen molar-refractivity contribution in [3.8, 4) is 6.07 Å². The number of aromatic nitrogens is 1. The minimum absolute atomic E-state index is 0.0176. The summed E-state index contributed by atoms with van der Waals surface area (Å²) in [5.41, 5.74) is 0.983. The minimum atomic E-state index is -0.433. The van der Waals surface area contributed by atoms with E-state index < -0.39 is 5.91 Å². The zero-order valence-electron chi connectivity index (χ0n) is 9.69. The van der Waals surface area contributed by atoms with Crippen LogP contribution in [-0.4, -0.2) is 23.3 Å². The predicted octanol–water partition coefficient (Wildman–Crippen LogP) is 0.934. The largest absolute Gasteiger partial charge is 0.386 e. The molecule has 0 bridgehead atoms. The fourth-order valence-corrected chi connectivity index (χ4v) is 1.27. The summed E-state index contributed by atoms with van der Waals surface area (Å²) < 4.78 is 0. The lowest BCUT2D eigenvalue weighted by molar-refractivity contribution is -0.117. The van der Waals surface area contributed by atoms with Crippen molar-refractivity contribution in [2.75, 3.05) is 12.4 Å². The van der Waals surface area contributed by atoms with Gasteiger partial charge in [-0.1, -0.05) is 6.07 Å². The van der Waals surface area contributed by atoms with Crippen LogP contribution in [0.5, 0.6) is 0 Å². The fourth-order valence-electron chi connectivity index (χ4n) is 1.18. The van der Waals surface area contributed by atoms with Crippen molar-refractivity contribution in [1.82, 2.24) is 15.6 Å². The highest BCUT2D eigenvalue weighted by molar-refractivity contribution is 6.18. The van der Waals surface area contributed by atoms with Crippen LogP contribution in [0.4, 0.5) is 0 Å². The molecule has 5 nitrogen and oxygen atoms in total. The van der Waals surface area contributed by atoms with E-state index in [1.165, 1.54) is 6.20 Å². The highest BCUT2D eigenvalue weighted by Crippen LogP contribution is 1.96. The average Bonchev–Trinajstić information content (AvgIpc) is 2.42. The number of nitrogens with one attached hydrogen (secondary N) is 2. The van der Waals surface area contributed by atoms with Crippen LogP contribution >= 0.6 is 11.6 Å². The highest BCUT2D eigenvalue weighted by atomic mass is 35.5. The second-order valence-electron chi connectivity index (χ2n) is 3.36. The first-order chi connectivity index (χ1) is 8.77. The van der Waals surface area contributed by atoms with E-state index in [0.29, 0.717) is 19.0 Å². The van der Waals surface area contributed by atoms with Gasteiger partial charge in [0.2, 0.25) is 0 Å². The van der Waals surface area contributed by atoms with Crippen LogP contribution in [0, 0.1) is 11.3 Å². The van der Waals surface area contributed by atoms with Crippen LogP contribution < -0.4 is 10.6 Å². The number of hydrogen-bond donors (Lipinski definition) is 2. The van der Waals surface area contributed by atoms with E-state index >= 15 is 0 Å². The Bertz CT molecular complexity index is 453. The summed E-state index contributed by atoms with van der Waals surface area (Å²) in [4.78, 5) is 15.4. The van der Waals surface area contributed by atoms with Gasteiger partial charge in [0.15, 0.2) is 0 Å². The Kier molecular flexibility index (Phi) is 6.30. The van der Waals surface area contributed by atoms with E-state index in [1.807, 2.05) is 18.2 Å². The summed E-state index contributed by atoms with van der Waals surface area (Å²) in [6.45, 7) is 0.837. The Morgan fingerprint density at radius 1 is 1.61 bits per heavy atom. The molecule has 0 aliphatic carbocycles. The monoisotopic (exact) mass is 264 g/mol. The molecule has 0 radical (unpaired) electrons. The third-order valence-corrected chi connectivity index (χ3v) is 2.21. The summed E-state index contributed by atoms with van der Waals surface area (Å²) in [7, 11) is 0. The normalized spacial score (nSPS) is 10.6. The first-order valence-electron chi connectivity index (χ1n) is 5.34. The number of amides is 1. The second-order valence-corrected chi connectivity index (χ2v) is 3.73. The number of carbonyl (C=O) groups excluding carboxylic acids is 1. The van der Waals surface area contributed by atoms with Gasteiger partial charge in [-0.3, -0.25) is 9.78 Å². The van der Waals surface area contributed by atoms with Crippen molar-refractivity contribution >= 4 is 17.5 Å². The van der Waals surface area contributed by atoms with Gasteiger partial charge < -0.3 is 10.6 Å². The maximum Gasteiger partial charge on any atom is 0.263 e. The molecule has 0 aliphatic heterocycles. The Morgan fingerprint density at radius 2 is 2.44 bits per heavy atom. The molecule has 2 N–H and O–H groups in total. The number of nitrogens with zero attached hydrogens (tertiary/aromatic N) is 2. The molecule has 1 aromatic rings. The smallest absolute Gasteiger partial charge is 0.263 e. The van der Waals surface area contributed by atoms with Crippen molar-refractivity contribution in [3.63, 3.8) is 0 Å². The summed E-state index contributed by atoms with van der Waals surface area (Å²) in [6.07, 6.45) is 4.77. The summed E-state index contributed by atoms with van der Waals surface area (Å²) in [5, 5.41) is 14.2. The number of hydrogen-bond acceptors (Lipinski definition) is 4. The summed E-state index contributed by atoms with van der Waals surface area (Å²) >= 11 is 5.44. The van der Waals surface area contributed by atoms with Gasteiger partial charge >= 0.3 is 0 Å². The number of nitriles is 1. The van der Waals surface area contributed by atoms with Crippen molar-refractivity contribution in [3.05, 3.63) is 41.9 Å². The molecule has 0 saturated heterocycles. The van der Waals surface area contributed by atoms with Crippen LogP contribution in [0.2, 0.25) is 0 Å². The molecule has 94 valence electrons. The third kappa shape index (κ3) is 4.85. The van der Waals surface area contributed by atoms with Gasteiger partial charge in [0.05, 0.1) is 0 Å². The van der Waals surface area contributed by atoms with E-state index in [2.05, 4.69) is 15.6 Å². The lowest BCUT2D eigenvalue weighted by atomic mass is 10.2. The molecule has 1 rings (SSSR count). The van der Waals surface area contributed by atoms with Crippen molar-refractivity contribution in [1.29, 1.82) is 5.26 Å². The molecule has 1 amide bonds. The number of pyridine rings is 1. The van der Waals surface area contributed by atoms with Crippen LogP contribution in [-0.2, 0) is 11.3 Å². The molecule has 1 aromatic heterocycles. The van der Waals surface area contributed by atoms with Gasteiger partial charge in [0, 0.05) is 37.6 Å². The van der Waals surface area contributed by atoms with Crippen LogP contribution in [0.3, 0.4) is 0 Å². The van der Waals surface area contributed by atoms with Crippen LogP contribution in [0.25, 0.3) is 0 Å². The zero-order chi connectivity index (χ0) is 13.2. The molecule has 0 spiro atoms. The van der Waals surface area contributed by atoms with Crippen LogP contribution in [0.15, 0.2) is 36.3 Å². The molecule has 0 aliphatic rings. The van der Waals surface area contributed by atoms with Gasteiger partial charge in [-0.25, -0.2) is 0 Å². The average molecular weight is 265 g/mol. The highest BCUT2D eigenvalue weighted by Gasteiger charge is 2.06. The fraction of sp³-hybridized carbons (Fsp3) is 0.250. The maximum atomic E-state index is 11.5. The lowest BCUT2D eigenvalue weighted by Crippen LogP contribution is -2.27. The maximum absolute atomic E-state index is 11.5. The molecular weight excluding hydrogens is 252 g/mol. The van der Waals surface area contributed by atoms with E-state index in [4.69, 9.17) is 16.9 Å². The topological polar surface area (TPSA) is 77.8 Å². The SMILES string of the molecule is N#C/C(=C/NCc1cccnc1)C(=O)NCCCl. The van der Waals surface area contributed by atoms with Crippen molar-refractivity contribution in [2.24, 2.45) is 0 Å². The van der Waals surface area contributed by atoms with Gasteiger partial charge in [-0.05, 0) is 11.6 Å². The van der Waals surface area contributed by atoms with E-state index in [0.717, 1.165) is 5.56 Å². The second kappa shape index (κ2) is 8.09. The number of rotatable bonds is 6. The Hall–Kier alpha value is -2.06. The third-order valence-electron chi connectivity index (χ3n) is 2.02. The predicted molar refractivity (Wildman–Crippen MR) is 68.5 cm³/mol. The molecule has 18 heavy (non-hydrogen) atoms.